The quantitative estimate of drug-likeness (QED) is 0.851. The monoisotopic (exact) mass is 392 g/mol. The first-order valence-corrected chi connectivity index (χ1v) is 10.3. The first-order chi connectivity index (χ1) is 14.0. The van der Waals surface area contributed by atoms with Crippen molar-refractivity contribution in [1.82, 2.24) is 10.2 Å². The smallest absolute Gasteiger partial charge is 0.254 e. The van der Waals surface area contributed by atoms with Crippen molar-refractivity contribution in [3.05, 3.63) is 59.7 Å². The lowest BCUT2D eigenvalue weighted by Crippen LogP contribution is -2.61. The normalized spacial score (nSPS) is 21.7. The Balaban J connectivity index is 1.55. The third kappa shape index (κ3) is 4.20. The van der Waals surface area contributed by atoms with Gasteiger partial charge in [0, 0.05) is 25.9 Å². The maximum atomic E-state index is 12.8. The zero-order valence-electron chi connectivity index (χ0n) is 17.1. The molecule has 1 saturated heterocycles. The van der Waals surface area contributed by atoms with Crippen molar-refractivity contribution in [2.45, 2.75) is 31.8 Å². The minimum absolute atomic E-state index is 0.143. The van der Waals surface area contributed by atoms with E-state index in [2.05, 4.69) is 48.6 Å². The van der Waals surface area contributed by atoms with Crippen LogP contribution in [0.3, 0.4) is 0 Å². The summed E-state index contributed by atoms with van der Waals surface area (Å²) in [5.74, 6) is 0.133. The van der Waals surface area contributed by atoms with Crippen molar-refractivity contribution < 1.29 is 14.3 Å². The van der Waals surface area contributed by atoms with Gasteiger partial charge in [-0.05, 0) is 36.5 Å². The zero-order chi connectivity index (χ0) is 20.4. The molecule has 1 heterocycles. The Bertz CT molecular complexity index is 905. The number of rotatable bonds is 5. The van der Waals surface area contributed by atoms with Crippen molar-refractivity contribution in [2.75, 3.05) is 26.7 Å². The molecule has 1 N–H and O–H groups in total. The largest absolute Gasteiger partial charge is 0.361 e. The van der Waals surface area contributed by atoms with Crippen molar-refractivity contribution in [3.8, 4) is 11.1 Å². The van der Waals surface area contributed by atoms with Gasteiger partial charge in [-0.15, -0.1) is 0 Å². The lowest BCUT2D eigenvalue weighted by atomic mass is 9.90. The number of likely N-dealkylation sites (N-methyl/N-ethyl adjacent to an activating group) is 1. The molecule has 2 fully saturated rings. The molecule has 5 heteroatoms. The van der Waals surface area contributed by atoms with E-state index in [1.807, 2.05) is 17.0 Å². The maximum Gasteiger partial charge on any atom is 0.254 e. The Labute approximate surface area is 172 Å². The van der Waals surface area contributed by atoms with Gasteiger partial charge in [0.05, 0.1) is 13.2 Å². The number of amides is 2. The third-order valence-electron chi connectivity index (χ3n) is 5.86. The summed E-state index contributed by atoms with van der Waals surface area (Å²) in [6.45, 7) is 3.33. The summed E-state index contributed by atoms with van der Waals surface area (Å²) >= 11 is 0. The second-order valence-electron chi connectivity index (χ2n) is 8.20. The van der Waals surface area contributed by atoms with Gasteiger partial charge in [-0.3, -0.25) is 9.59 Å². The van der Waals surface area contributed by atoms with Crippen LogP contribution in [0, 0.1) is 12.8 Å². The fourth-order valence-corrected chi connectivity index (χ4v) is 4.08. The number of nitrogens with zero attached hydrogens (tertiary/aromatic N) is 1. The highest BCUT2D eigenvalue weighted by molar-refractivity contribution is 5.88. The molecule has 2 amide bonds. The molecule has 4 rings (SSSR count). The molecule has 2 aliphatic rings. The maximum absolute atomic E-state index is 12.8. The Morgan fingerprint density at radius 2 is 1.90 bits per heavy atom. The number of aryl methyl sites for hydroxylation is 1. The average molecular weight is 392 g/mol. The first-order valence-electron chi connectivity index (χ1n) is 10.3. The fraction of sp³-hybridized carbons (Fsp3) is 0.417. The topological polar surface area (TPSA) is 58.6 Å². The highest BCUT2D eigenvalue weighted by atomic mass is 16.5. The molecule has 29 heavy (non-hydrogen) atoms. The molecule has 1 aliphatic carbocycles. The summed E-state index contributed by atoms with van der Waals surface area (Å²) in [6.07, 6.45) is 2.36. The molecule has 0 spiro atoms. The molecule has 2 aromatic rings. The number of ether oxygens (including phenoxy) is 1. The molecule has 0 bridgehead atoms. The minimum Gasteiger partial charge on any atom is -0.361 e. The molecule has 5 nitrogen and oxygen atoms in total. The number of carbonyl (C=O) groups is 2. The summed E-state index contributed by atoms with van der Waals surface area (Å²) in [5, 5.41) is 2.74. The summed E-state index contributed by atoms with van der Waals surface area (Å²) < 4.78 is 6.03. The van der Waals surface area contributed by atoms with Crippen LogP contribution in [0.4, 0.5) is 0 Å². The SMILES string of the molecule is CNC(=O)[C@]1(Cc2ccc(-c3cccc(C)c3)cc2)CN(C(=O)C2CC2)CCO1. The summed E-state index contributed by atoms with van der Waals surface area (Å²) in [6, 6.07) is 16.7. The predicted octanol–water partition coefficient (Wildman–Crippen LogP) is 2.96. The number of hydrogen-bond acceptors (Lipinski definition) is 3. The molecule has 0 aromatic heterocycles. The highest BCUT2D eigenvalue weighted by Crippen LogP contribution is 2.33. The molecule has 0 radical (unpaired) electrons. The van der Waals surface area contributed by atoms with E-state index in [-0.39, 0.29) is 17.7 Å². The van der Waals surface area contributed by atoms with Crippen LogP contribution in [0.1, 0.15) is 24.0 Å². The number of nitrogens with one attached hydrogen (secondary N) is 1. The Morgan fingerprint density at radius 1 is 1.14 bits per heavy atom. The van der Waals surface area contributed by atoms with E-state index in [0.29, 0.717) is 26.1 Å². The predicted molar refractivity (Wildman–Crippen MR) is 112 cm³/mol. The lowest BCUT2D eigenvalue weighted by molar-refractivity contribution is -0.166. The Morgan fingerprint density at radius 3 is 2.55 bits per heavy atom. The van der Waals surface area contributed by atoms with Gasteiger partial charge in [-0.2, -0.15) is 0 Å². The van der Waals surface area contributed by atoms with E-state index in [0.717, 1.165) is 24.0 Å². The number of hydrogen-bond donors (Lipinski definition) is 1. The van der Waals surface area contributed by atoms with Gasteiger partial charge in [0.2, 0.25) is 5.91 Å². The molecule has 1 aliphatic heterocycles. The van der Waals surface area contributed by atoms with Crippen LogP contribution in [0.5, 0.6) is 0 Å². The van der Waals surface area contributed by atoms with Crippen LogP contribution in [0.15, 0.2) is 48.5 Å². The van der Waals surface area contributed by atoms with Crippen LogP contribution in [-0.4, -0.2) is 49.1 Å². The fourth-order valence-electron chi connectivity index (χ4n) is 4.08. The van der Waals surface area contributed by atoms with E-state index in [1.165, 1.54) is 11.1 Å². The number of benzene rings is 2. The highest BCUT2D eigenvalue weighted by Gasteiger charge is 2.46. The summed E-state index contributed by atoms with van der Waals surface area (Å²) in [4.78, 5) is 27.2. The first kappa shape index (κ1) is 19.6. The number of carbonyl (C=O) groups excluding carboxylic acids is 2. The van der Waals surface area contributed by atoms with Gasteiger partial charge in [-0.1, -0.05) is 54.1 Å². The Kier molecular flexibility index (Phi) is 5.41. The van der Waals surface area contributed by atoms with Crippen molar-refractivity contribution in [3.63, 3.8) is 0 Å². The third-order valence-corrected chi connectivity index (χ3v) is 5.86. The van der Waals surface area contributed by atoms with Crippen molar-refractivity contribution in [2.24, 2.45) is 5.92 Å². The molecule has 1 atom stereocenters. The van der Waals surface area contributed by atoms with Gasteiger partial charge in [0.15, 0.2) is 5.60 Å². The van der Waals surface area contributed by atoms with Crippen LogP contribution >= 0.6 is 0 Å². The van der Waals surface area contributed by atoms with Gasteiger partial charge in [0.25, 0.3) is 5.91 Å². The lowest BCUT2D eigenvalue weighted by Gasteiger charge is -2.41. The van der Waals surface area contributed by atoms with Crippen LogP contribution < -0.4 is 5.32 Å². The van der Waals surface area contributed by atoms with Crippen LogP contribution in [0.2, 0.25) is 0 Å². The molecular weight excluding hydrogens is 364 g/mol. The minimum atomic E-state index is -1.04. The van der Waals surface area contributed by atoms with E-state index in [9.17, 15) is 9.59 Å². The molecule has 0 unspecified atom stereocenters. The van der Waals surface area contributed by atoms with Crippen LogP contribution in [0.25, 0.3) is 11.1 Å². The van der Waals surface area contributed by atoms with E-state index in [1.54, 1.807) is 7.05 Å². The van der Waals surface area contributed by atoms with Gasteiger partial charge in [-0.25, -0.2) is 0 Å². The molecule has 152 valence electrons. The van der Waals surface area contributed by atoms with Crippen molar-refractivity contribution >= 4 is 11.8 Å². The van der Waals surface area contributed by atoms with Crippen LogP contribution in [-0.2, 0) is 20.7 Å². The summed E-state index contributed by atoms with van der Waals surface area (Å²) in [5.41, 5.74) is 3.52. The number of morpholine rings is 1. The zero-order valence-corrected chi connectivity index (χ0v) is 17.1. The summed E-state index contributed by atoms with van der Waals surface area (Å²) in [7, 11) is 1.62. The molecule has 2 aromatic carbocycles. The van der Waals surface area contributed by atoms with E-state index in [4.69, 9.17) is 4.74 Å². The van der Waals surface area contributed by atoms with Crippen molar-refractivity contribution in [1.29, 1.82) is 0 Å². The van der Waals surface area contributed by atoms with E-state index >= 15 is 0 Å². The second-order valence-corrected chi connectivity index (χ2v) is 8.20. The standard InChI is InChI=1S/C24H28N2O3/c1-17-4-3-5-21(14-17)19-8-6-18(7-9-19)15-24(23(28)25-2)16-26(12-13-29-24)22(27)20-10-11-20/h3-9,14,20H,10-13,15-16H2,1-2H3,(H,25,28)/t24-/m0/s1. The van der Waals surface area contributed by atoms with Gasteiger partial charge < -0.3 is 15.0 Å². The second kappa shape index (κ2) is 7.99. The van der Waals surface area contributed by atoms with Gasteiger partial charge in [0.1, 0.15) is 0 Å². The molecular formula is C24H28N2O3. The Hall–Kier alpha value is -2.66. The van der Waals surface area contributed by atoms with E-state index < -0.39 is 5.60 Å². The molecule has 1 saturated carbocycles. The average Bonchev–Trinajstić information content (AvgIpc) is 3.59. The van der Waals surface area contributed by atoms with Gasteiger partial charge >= 0.3 is 0 Å².